The highest BCUT2D eigenvalue weighted by Gasteiger charge is 2.43. The first-order valence-corrected chi connectivity index (χ1v) is 7.07. The Kier molecular flexibility index (Phi) is 3.90. The average Bonchev–Trinajstić information content (AvgIpc) is 2.71. The summed E-state index contributed by atoms with van der Waals surface area (Å²) < 4.78 is 2.82. The van der Waals surface area contributed by atoms with E-state index in [1.54, 1.807) is 6.20 Å². The first kappa shape index (κ1) is 13.1. The van der Waals surface area contributed by atoms with Crippen LogP contribution in [0.25, 0.3) is 0 Å². The van der Waals surface area contributed by atoms with Crippen molar-refractivity contribution in [3.05, 3.63) is 16.4 Å². The zero-order chi connectivity index (χ0) is 12.5. The van der Waals surface area contributed by atoms with Crippen LogP contribution < -0.4 is 5.32 Å². The molecule has 96 valence electrons. The molecule has 2 unspecified atom stereocenters. The van der Waals surface area contributed by atoms with E-state index in [-0.39, 0.29) is 5.92 Å². The van der Waals surface area contributed by atoms with Gasteiger partial charge < -0.3 is 10.4 Å². The summed E-state index contributed by atoms with van der Waals surface area (Å²) in [5.74, 6) is 0.245. The van der Waals surface area contributed by atoms with Gasteiger partial charge in [-0.15, -0.1) is 0 Å². The van der Waals surface area contributed by atoms with Crippen LogP contribution in [0.5, 0.6) is 0 Å². The molecule has 0 amide bonds. The summed E-state index contributed by atoms with van der Waals surface area (Å²) in [6.45, 7) is 6.69. The third kappa shape index (κ3) is 2.16. The first-order valence-electron chi connectivity index (χ1n) is 6.28. The number of hydrogen-bond donors (Lipinski definition) is 2. The van der Waals surface area contributed by atoms with Gasteiger partial charge in [0.25, 0.3) is 0 Å². The minimum Gasteiger partial charge on any atom is -0.383 e. The van der Waals surface area contributed by atoms with E-state index in [4.69, 9.17) is 0 Å². The second kappa shape index (κ2) is 5.08. The summed E-state index contributed by atoms with van der Waals surface area (Å²) in [6, 6.07) is 0. The van der Waals surface area contributed by atoms with E-state index in [0.717, 1.165) is 42.6 Å². The van der Waals surface area contributed by atoms with E-state index >= 15 is 0 Å². The molecule has 1 fully saturated rings. The maximum Gasteiger partial charge on any atom is 0.112 e. The van der Waals surface area contributed by atoms with Gasteiger partial charge in [-0.1, -0.05) is 6.92 Å². The largest absolute Gasteiger partial charge is 0.383 e. The predicted molar refractivity (Wildman–Crippen MR) is 70.8 cm³/mol. The number of hydrogen-bond acceptors (Lipinski definition) is 3. The van der Waals surface area contributed by atoms with Gasteiger partial charge in [-0.3, -0.25) is 4.68 Å². The molecule has 0 aromatic carbocycles. The lowest BCUT2D eigenvalue weighted by Gasteiger charge is -2.40. The second-order valence-electron chi connectivity index (χ2n) is 4.64. The zero-order valence-corrected chi connectivity index (χ0v) is 12.0. The molecule has 0 radical (unpaired) electrons. The van der Waals surface area contributed by atoms with Crippen molar-refractivity contribution in [3.63, 3.8) is 0 Å². The van der Waals surface area contributed by atoms with Gasteiger partial charge in [0.2, 0.25) is 0 Å². The van der Waals surface area contributed by atoms with Gasteiger partial charge in [0.05, 0.1) is 16.4 Å². The molecule has 17 heavy (non-hydrogen) atoms. The highest BCUT2D eigenvalue weighted by Crippen LogP contribution is 2.40. The fourth-order valence-electron chi connectivity index (χ4n) is 2.75. The molecule has 2 rings (SSSR count). The first-order chi connectivity index (χ1) is 8.13. The van der Waals surface area contributed by atoms with E-state index in [1.807, 2.05) is 11.6 Å². The number of rotatable bonds is 3. The third-order valence-corrected chi connectivity index (χ3v) is 4.33. The van der Waals surface area contributed by atoms with E-state index in [2.05, 4.69) is 33.3 Å². The SMILES string of the molecule is CCC1CNCCC1(O)c1c(Br)cnn1CC. The number of nitrogens with one attached hydrogen (secondary N) is 1. The van der Waals surface area contributed by atoms with Crippen molar-refractivity contribution >= 4 is 15.9 Å². The average molecular weight is 302 g/mol. The van der Waals surface area contributed by atoms with Gasteiger partial charge in [-0.05, 0) is 42.2 Å². The molecule has 0 aliphatic carbocycles. The Hall–Kier alpha value is -0.390. The van der Waals surface area contributed by atoms with E-state index in [1.165, 1.54) is 0 Å². The number of aliphatic hydroxyl groups is 1. The van der Waals surface area contributed by atoms with E-state index in [0.29, 0.717) is 0 Å². The van der Waals surface area contributed by atoms with Gasteiger partial charge in [0, 0.05) is 19.0 Å². The molecule has 0 saturated carbocycles. The lowest BCUT2D eigenvalue weighted by molar-refractivity contribution is -0.0554. The quantitative estimate of drug-likeness (QED) is 0.896. The molecular weight excluding hydrogens is 282 g/mol. The van der Waals surface area contributed by atoms with E-state index in [9.17, 15) is 5.11 Å². The van der Waals surface area contributed by atoms with Crippen molar-refractivity contribution in [2.24, 2.45) is 5.92 Å². The van der Waals surface area contributed by atoms with Crippen LogP contribution in [0.3, 0.4) is 0 Å². The normalized spacial score (nSPS) is 29.5. The monoisotopic (exact) mass is 301 g/mol. The summed E-state index contributed by atoms with van der Waals surface area (Å²) >= 11 is 3.52. The number of aromatic nitrogens is 2. The second-order valence-corrected chi connectivity index (χ2v) is 5.49. The van der Waals surface area contributed by atoms with Crippen LogP contribution in [0, 0.1) is 5.92 Å². The van der Waals surface area contributed by atoms with Gasteiger partial charge in [-0.2, -0.15) is 5.10 Å². The molecule has 1 saturated heterocycles. The van der Waals surface area contributed by atoms with Crippen molar-refractivity contribution in [1.29, 1.82) is 0 Å². The Balaban J connectivity index is 2.44. The van der Waals surface area contributed by atoms with Crippen LogP contribution >= 0.6 is 15.9 Å². The van der Waals surface area contributed by atoms with Crippen molar-refractivity contribution < 1.29 is 5.11 Å². The molecule has 1 aliphatic heterocycles. The van der Waals surface area contributed by atoms with Gasteiger partial charge in [0.1, 0.15) is 5.60 Å². The van der Waals surface area contributed by atoms with Gasteiger partial charge in [0.15, 0.2) is 0 Å². The summed E-state index contributed by atoms with van der Waals surface area (Å²) in [5.41, 5.74) is 0.180. The highest BCUT2D eigenvalue weighted by atomic mass is 79.9. The Bertz CT molecular complexity index is 393. The molecule has 5 heteroatoms. The molecular formula is C12H20BrN3O. The standard InChI is InChI=1S/C12H20BrN3O/c1-3-9-7-14-6-5-12(9,17)11-10(13)8-15-16(11)4-2/h8-9,14,17H,3-7H2,1-2H3. The highest BCUT2D eigenvalue weighted by molar-refractivity contribution is 9.10. The molecule has 2 atom stereocenters. The van der Waals surface area contributed by atoms with Crippen molar-refractivity contribution in [3.8, 4) is 0 Å². The van der Waals surface area contributed by atoms with Crippen molar-refractivity contribution in [2.45, 2.75) is 38.8 Å². The summed E-state index contributed by atoms with van der Waals surface area (Å²) in [4.78, 5) is 0. The van der Waals surface area contributed by atoms with Gasteiger partial charge in [-0.25, -0.2) is 0 Å². The Morgan fingerprint density at radius 1 is 1.65 bits per heavy atom. The third-order valence-electron chi connectivity index (χ3n) is 3.75. The maximum atomic E-state index is 11.1. The molecule has 1 aromatic rings. The number of nitrogens with zero attached hydrogens (tertiary/aromatic N) is 2. The number of piperidine rings is 1. The zero-order valence-electron chi connectivity index (χ0n) is 10.4. The fourth-order valence-corrected chi connectivity index (χ4v) is 3.39. The molecule has 4 nitrogen and oxygen atoms in total. The lowest BCUT2D eigenvalue weighted by atomic mass is 9.77. The van der Waals surface area contributed by atoms with Gasteiger partial charge >= 0.3 is 0 Å². The summed E-state index contributed by atoms with van der Waals surface area (Å²) in [5, 5.41) is 18.7. The molecule has 0 spiro atoms. The van der Waals surface area contributed by atoms with Crippen molar-refractivity contribution in [1.82, 2.24) is 15.1 Å². The smallest absolute Gasteiger partial charge is 0.112 e. The van der Waals surface area contributed by atoms with Crippen LogP contribution in [-0.4, -0.2) is 28.0 Å². The Labute approximate surface area is 111 Å². The number of aryl methyl sites for hydroxylation is 1. The molecule has 1 aliphatic rings. The van der Waals surface area contributed by atoms with Crippen LogP contribution in [0.1, 0.15) is 32.4 Å². The minimum atomic E-state index is -0.759. The van der Waals surface area contributed by atoms with Crippen LogP contribution in [0.2, 0.25) is 0 Å². The predicted octanol–water partition coefficient (Wildman–Crippen LogP) is 1.87. The lowest BCUT2D eigenvalue weighted by Crippen LogP contribution is -2.49. The molecule has 2 N–H and O–H groups in total. The Morgan fingerprint density at radius 2 is 2.41 bits per heavy atom. The Morgan fingerprint density at radius 3 is 3.06 bits per heavy atom. The molecule has 2 heterocycles. The minimum absolute atomic E-state index is 0.245. The van der Waals surface area contributed by atoms with Crippen LogP contribution in [-0.2, 0) is 12.1 Å². The summed E-state index contributed by atoms with van der Waals surface area (Å²) in [6.07, 6.45) is 3.49. The maximum absolute atomic E-state index is 11.1. The number of halogens is 1. The molecule has 0 bridgehead atoms. The summed E-state index contributed by atoms with van der Waals surface area (Å²) in [7, 11) is 0. The fraction of sp³-hybridized carbons (Fsp3) is 0.750. The topological polar surface area (TPSA) is 50.1 Å². The van der Waals surface area contributed by atoms with Crippen LogP contribution in [0.4, 0.5) is 0 Å². The van der Waals surface area contributed by atoms with Crippen molar-refractivity contribution in [2.75, 3.05) is 13.1 Å². The van der Waals surface area contributed by atoms with Crippen LogP contribution in [0.15, 0.2) is 10.7 Å². The van der Waals surface area contributed by atoms with E-state index < -0.39 is 5.60 Å². The molecule has 1 aromatic heterocycles.